The molecule has 0 N–H and O–H groups in total. The van der Waals surface area contributed by atoms with E-state index in [4.69, 9.17) is 0 Å². The summed E-state index contributed by atoms with van der Waals surface area (Å²) in [5, 5.41) is 10.6. The lowest BCUT2D eigenvalue weighted by atomic mass is 10.1. The van der Waals surface area contributed by atoms with Crippen LogP contribution in [0, 0.1) is 15.9 Å². The Morgan fingerprint density at radius 2 is 2.17 bits per heavy atom. The molecule has 0 atom stereocenters. The highest BCUT2D eigenvalue weighted by Gasteiger charge is 2.22. The molecule has 0 saturated carbocycles. The van der Waals surface area contributed by atoms with E-state index in [1.54, 1.807) is 4.90 Å². The Labute approximate surface area is 103 Å². The first-order valence-corrected chi connectivity index (χ1v) is 5.79. The van der Waals surface area contributed by atoms with E-state index in [2.05, 4.69) is 0 Å². The van der Waals surface area contributed by atoms with E-state index >= 15 is 0 Å². The van der Waals surface area contributed by atoms with Crippen LogP contribution in [0.25, 0.3) is 0 Å². The second-order valence-electron chi connectivity index (χ2n) is 4.28. The molecule has 96 valence electrons. The van der Waals surface area contributed by atoms with Crippen molar-refractivity contribution in [1.29, 1.82) is 0 Å². The maximum absolute atomic E-state index is 13.8. The highest BCUT2D eigenvalue weighted by atomic mass is 19.1. The van der Waals surface area contributed by atoms with Crippen LogP contribution in [0.3, 0.4) is 0 Å². The van der Waals surface area contributed by atoms with Crippen LogP contribution in [0.2, 0.25) is 0 Å². The molecule has 0 aliphatic carbocycles. The van der Waals surface area contributed by atoms with Crippen LogP contribution < -0.4 is 0 Å². The Balaban J connectivity index is 2.21. The minimum absolute atomic E-state index is 0.0212. The molecule has 18 heavy (non-hydrogen) atoms. The first-order chi connectivity index (χ1) is 8.59. The van der Waals surface area contributed by atoms with E-state index < -0.39 is 16.4 Å². The molecular weight excluding hydrogens is 239 g/mol. The van der Waals surface area contributed by atoms with Gasteiger partial charge >= 0.3 is 5.69 Å². The number of carbonyl (C=O) groups is 1. The third-order valence-electron chi connectivity index (χ3n) is 3.04. The zero-order chi connectivity index (χ0) is 13.1. The standard InChI is InChI=1S/C12H13FN2O3/c13-12-9(4-3-5-10(12)15(17)18)8-14-7-2-1-6-11(14)16/h3-5H,1-2,6-8H2. The van der Waals surface area contributed by atoms with Crippen molar-refractivity contribution in [3.05, 3.63) is 39.7 Å². The summed E-state index contributed by atoms with van der Waals surface area (Å²) in [5.74, 6) is -0.868. The Bertz CT molecular complexity index is 490. The van der Waals surface area contributed by atoms with Crippen LogP contribution in [0.1, 0.15) is 24.8 Å². The van der Waals surface area contributed by atoms with Gasteiger partial charge in [-0.25, -0.2) is 0 Å². The first kappa shape index (κ1) is 12.5. The minimum atomic E-state index is -0.846. The lowest BCUT2D eigenvalue weighted by Crippen LogP contribution is -2.34. The summed E-state index contributed by atoms with van der Waals surface area (Å²) in [5.41, 5.74) is -0.351. The number of nitro groups is 1. The number of piperidine rings is 1. The predicted octanol–water partition coefficient (Wildman–Crippen LogP) is 2.25. The topological polar surface area (TPSA) is 63.5 Å². The Kier molecular flexibility index (Phi) is 3.55. The van der Waals surface area contributed by atoms with Gasteiger partial charge in [0.15, 0.2) is 0 Å². The summed E-state index contributed by atoms with van der Waals surface area (Å²) >= 11 is 0. The van der Waals surface area contributed by atoms with Gasteiger partial charge in [0.25, 0.3) is 0 Å². The zero-order valence-corrected chi connectivity index (χ0v) is 9.76. The number of rotatable bonds is 3. The molecule has 0 bridgehead atoms. The zero-order valence-electron chi connectivity index (χ0n) is 9.76. The molecule has 1 saturated heterocycles. The van der Waals surface area contributed by atoms with Crippen molar-refractivity contribution in [1.82, 2.24) is 4.90 Å². The Morgan fingerprint density at radius 3 is 2.83 bits per heavy atom. The molecule has 1 aliphatic heterocycles. The van der Waals surface area contributed by atoms with E-state index in [0.29, 0.717) is 13.0 Å². The number of nitro benzene ring substituents is 1. The summed E-state index contributed by atoms with van der Waals surface area (Å²) < 4.78 is 13.8. The summed E-state index contributed by atoms with van der Waals surface area (Å²) in [6.07, 6.45) is 2.21. The molecular formula is C12H13FN2O3. The number of likely N-dealkylation sites (tertiary alicyclic amines) is 1. The molecule has 5 nitrogen and oxygen atoms in total. The van der Waals surface area contributed by atoms with Crippen LogP contribution in [-0.4, -0.2) is 22.3 Å². The Hall–Kier alpha value is -1.98. The van der Waals surface area contributed by atoms with E-state index in [1.165, 1.54) is 12.1 Å². The second-order valence-corrected chi connectivity index (χ2v) is 4.28. The lowest BCUT2D eigenvalue weighted by Gasteiger charge is -2.26. The van der Waals surface area contributed by atoms with Crippen LogP contribution >= 0.6 is 0 Å². The molecule has 0 unspecified atom stereocenters. The fourth-order valence-corrected chi connectivity index (χ4v) is 2.06. The van der Waals surface area contributed by atoms with Crippen LogP contribution in [0.5, 0.6) is 0 Å². The maximum atomic E-state index is 13.8. The molecule has 1 fully saturated rings. The van der Waals surface area contributed by atoms with Crippen LogP contribution in [0.15, 0.2) is 18.2 Å². The monoisotopic (exact) mass is 252 g/mol. The number of hydrogen-bond acceptors (Lipinski definition) is 3. The molecule has 1 amide bonds. The number of carbonyl (C=O) groups excluding carboxylic acids is 1. The number of benzene rings is 1. The fourth-order valence-electron chi connectivity index (χ4n) is 2.06. The van der Waals surface area contributed by atoms with Crippen molar-refractivity contribution < 1.29 is 14.1 Å². The largest absolute Gasteiger partial charge is 0.338 e. The summed E-state index contributed by atoms with van der Waals surface area (Å²) in [7, 11) is 0. The van der Waals surface area contributed by atoms with Gasteiger partial charge in [-0.05, 0) is 12.8 Å². The Morgan fingerprint density at radius 1 is 1.39 bits per heavy atom. The molecule has 0 radical (unpaired) electrons. The van der Waals surface area contributed by atoms with Crippen molar-refractivity contribution in [2.24, 2.45) is 0 Å². The number of amides is 1. The van der Waals surface area contributed by atoms with Gasteiger partial charge in [0.1, 0.15) is 0 Å². The molecule has 0 aromatic heterocycles. The summed E-state index contributed by atoms with van der Waals surface area (Å²) in [6, 6.07) is 4.03. The van der Waals surface area contributed by atoms with E-state index in [1.807, 2.05) is 0 Å². The highest BCUT2D eigenvalue weighted by Crippen LogP contribution is 2.22. The quantitative estimate of drug-likeness (QED) is 0.612. The smallest absolute Gasteiger partial charge is 0.305 e. The summed E-state index contributed by atoms with van der Waals surface area (Å²) in [6.45, 7) is 0.688. The van der Waals surface area contributed by atoms with Gasteiger partial charge in [-0.2, -0.15) is 4.39 Å². The van der Waals surface area contributed by atoms with Crippen molar-refractivity contribution >= 4 is 11.6 Å². The highest BCUT2D eigenvalue weighted by molar-refractivity contribution is 5.76. The van der Waals surface area contributed by atoms with E-state index in [-0.39, 0.29) is 18.0 Å². The molecule has 1 aliphatic rings. The second kappa shape index (κ2) is 5.12. The molecule has 1 aromatic rings. The SMILES string of the molecule is O=C1CCCCN1Cc1cccc([N+](=O)[O-])c1F. The number of halogens is 1. The maximum Gasteiger partial charge on any atom is 0.305 e. The van der Waals surface area contributed by atoms with Crippen molar-refractivity contribution in [2.45, 2.75) is 25.8 Å². The predicted molar refractivity (Wildman–Crippen MR) is 62.3 cm³/mol. The van der Waals surface area contributed by atoms with Crippen LogP contribution in [0.4, 0.5) is 10.1 Å². The van der Waals surface area contributed by atoms with Crippen molar-refractivity contribution in [3.63, 3.8) is 0 Å². The average Bonchev–Trinajstić information content (AvgIpc) is 2.34. The van der Waals surface area contributed by atoms with Gasteiger partial charge in [-0.3, -0.25) is 14.9 Å². The van der Waals surface area contributed by atoms with Gasteiger partial charge in [0.2, 0.25) is 11.7 Å². The fraction of sp³-hybridized carbons (Fsp3) is 0.417. The van der Waals surface area contributed by atoms with Gasteiger partial charge in [-0.1, -0.05) is 12.1 Å². The van der Waals surface area contributed by atoms with E-state index in [9.17, 15) is 19.3 Å². The average molecular weight is 252 g/mol. The van der Waals surface area contributed by atoms with Gasteiger partial charge in [0.05, 0.1) is 4.92 Å². The van der Waals surface area contributed by atoms with Crippen LogP contribution in [-0.2, 0) is 11.3 Å². The van der Waals surface area contributed by atoms with Crippen molar-refractivity contribution in [2.75, 3.05) is 6.54 Å². The van der Waals surface area contributed by atoms with Gasteiger partial charge in [-0.15, -0.1) is 0 Å². The molecule has 1 aromatic carbocycles. The van der Waals surface area contributed by atoms with Gasteiger partial charge in [0, 0.05) is 31.1 Å². The molecule has 6 heteroatoms. The van der Waals surface area contributed by atoms with Crippen molar-refractivity contribution in [3.8, 4) is 0 Å². The third kappa shape index (κ3) is 2.47. The lowest BCUT2D eigenvalue weighted by molar-refractivity contribution is -0.387. The molecule has 1 heterocycles. The molecule has 2 rings (SSSR count). The third-order valence-corrected chi connectivity index (χ3v) is 3.04. The first-order valence-electron chi connectivity index (χ1n) is 5.79. The number of nitrogens with zero attached hydrogens (tertiary/aromatic N) is 2. The van der Waals surface area contributed by atoms with E-state index in [0.717, 1.165) is 18.9 Å². The molecule has 0 spiro atoms. The normalized spacial score (nSPS) is 15.8. The van der Waals surface area contributed by atoms with Gasteiger partial charge < -0.3 is 4.90 Å². The summed E-state index contributed by atoms with van der Waals surface area (Å²) in [4.78, 5) is 23.0. The number of hydrogen-bond donors (Lipinski definition) is 0. The minimum Gasteiger partial charge on any atom is -0.338 e.